The fraction of sp³-hybridized carbons (Fsp3) is 0.231. The van der Waals surface area contributed by atoms with E-state index >= 15 is 0 Å². The molecule has 0 aliphatic heterocycles. The minimum absolute atomic E-state index is 0.194. The van der Waals surface area contributed by atoms with E-state index in [1.54, 1.807) is 32.9 Å². The Morgan fingerprint density at radius 3 is 1.19 bits per heavy atom. The molecule has 0 saturated heterocycles. The summed E-state index contributed by atoms with van der Waals surface area (Å²) >= 11 is 2.89. The Balaban J connectivity index is 2.03. The maximum absolute atomic E-state index is 13.7. The van der Waals surface area contributed by atoms with E-state index in [0.29, 0.717) is 11.1 Å². The van der Waals surface area contributed by atoms with Crippen LogP contribution in [0.5, 0.6) is 0 Å². The number of carbonyl (C=O) groups is 2. The summed E-state index contributed by atoms with van der Waals surface area (Å²) in [6, 6.07) is 26.2. The van der Waals surface area contributed by atoms with Crippen LogP contribution in [0.3, 0.4) is 0 Å². The summed E-state index contributed by atoms with van der Waals surface area (Å²) in [5.41, 5.74) is 2.35. The normalized spacial score (nSPS) is 10.9. The number of amides is 2. The topological polar surface area (TPSA) is 40.6 Å². The standard InChI is InChI=1S/C26H28N2O2S2/c1-19(2)31-27(21-13-7-5-8-14-21)25(29)23-17-11-12-18-24(23)26(30)28(32-20(3)4)22-15-9-6-10-16-22/h5-20H,1-4H3. The smallest absolute Gasteiger partial charge is 0.268 e. The lowest BCUT2D eigenvalue weighted by Gasteiger charge is -2.26. The number of hydrogen-bond acceptors (Lipinski definition) is 4. The van der Waals surface area contributed by atoms with E-state index < -0.39 is 0 Å². The fourth-order valence-corrected chi connectivity index (χ4v) is 4.79. The highest BCUT2D eigenvalue weighted by Gasteiger charge is 2.28. The van der Waals surface area contributed by atoms with Crippen molar-refractivity contribution in [3.63, 3.8) is 0 Å². The molecule has 0 radical (unpaired) electrons. The summed E-state index contributed by atoms with van der Waals surface area (Å²) in [5.74, 6) is -0.414. The number of para-hydroxylation sites is 2. The third-order valence-corrected chi connectivity index (χ3v) is 6.39. The Kier molecular flexibility index (Phi) is 8.42. The van der Waals surface area contributed by atoms with Crippen LogP contribution < -0.4 is 8.61 Å². The van der Waals surface area contributed by atoms with E-state index in [0.717, 1.165) is 11.4 Å². The molecule has 166 valence electrons. The molecule has 3 rings (SSSR count). The Hall–Kier alpha value is -2.70. The van der Waals surface area contributed by atoms with Crippen molar-refractivity contribution in [1.82, 2.24) is 0 Å². The number of rotatable bonds is 8. The molecule has 3 aromatic carbocycles. The monoisotopic (exact) mass is 464 g/mol. The van der Waals surface area contributed by atoms with Crippen LogP contribution in [-0.2, 0) is 0 Å². The molecule has 0 unspecified atom stereocenters. The fourth-order valence-electron chi connectivity index (χ4n) is 3.08. The second-order valence-electron chi connectivity index (χ2n) is 7.72. The molecule has 0 heterocycles. The second-order valence-corrected chi connectivity index (χ2v) is 10.8. The summed E-state index contributed by atoms with van der Waals surface area (Å²) in [6.45, 7) is 8.17. The third kappa shape index (κ3) is 5.96. The van der Waals surface area contributed by atoms with Crippen LogP contribution in [0.25, 0.3) is 0 Å². The van der Waals surface area contributed by atoms with Gasteiger partial charge in [0.05, 0.1) is 22.5 Å². The lowest BCUT2D eigenvalue weighted by atomic mass is 10.1. The molecule has 2 amide bonds. The van der Waals surface area contributed by atoms with Crippen molar-refractivity contribution in [3.05, 3.63) is 96.1 Å². The molecule has 0 N–H and O–H groups in total. The molecule has 0 aliphatic rings. The van der Waals surface area contributed by atoms with E-state index in [1.165, 1.54) is 23.9 Å². The second kappa shape index (κ2) is 11.2. The van der Waals surface area contributed by atoms with Crippen molar-refractivity contribution in [2.75, 3.05) is 8.61 Å². The van der Waals surface area contributed by atoms with Crippen molar-refractivity contribution in [3.8, 4) is 0 Å². The number of nitrogens with zero attached hydrogens (tertiary/aromatic N) is 2. The van der Waals surface area contributed by atoms with Gasteiger partial charge in [0, 0.05) is 10.5 Å². The number of hydrogen-bond donors (Lipinski definition) is 0. The van der Waals surface area contributed by atoms with E-state index in [2.05, 4.69) is 0 Å². The van der Waals surface area contributed by atoms with Gasteiger partial charge in [0.2, 0.25) is 0 Å². The van der Waals surface area contributed by atoms with E-state index in [-0.39, 0.29) is 22.3 Å². The maximum Gasteiger partial charge on any atom is 0.269 e. The zero-order valence-electron chi connectivity index (χ0n) is 18.8. The molecule has 32 heavy (non-hydrogen) atoms. The maximum atomic E-state index is 13.7. The molecule has 0 spiro atoms. The highest BCUT2D eigenvalue weighted by molar-refractivity contribution is 8.02. The van der Waals surface area contributed by atoms with Gasteiger partial charge in [-0.15, -0.1) is 0 Å². The molecule has 0 aromatic heterocycles. The first-order chi connectivity index (χ1) is 15.4. The van der Waals surface area contributed by atoms with Gasteiger partial charge in [-0.1, -0.05) is 76.2 Å². The van der Waals surface area contributed by atoms with Crippen LogP contribution in [0.4, 0.5) is 11.4 Å². The summed E-state index contributed by atoms with van der Waals surface area (Å²) in [5, 5.41) is 0.388. The van der Waals surface area contributed by atoms with Crippen molar-refractivity contribution in [1.29, 1.82) is 0 Å². The molecule has 4 nitrogen and oxygen atoms in total. The molecule has 0 atom stereocenters. The SMILES string of the molecule is CC(C)SN(C(=O)c1ccccc1C(=O)N(SC(C)C)c1ccccc1)c1ccccc1. The molecule has 3 aromatic rings. The Morgan fingerprint density at radius 2 is 0.875 bits per heavy atom. The Bertz CT molecular complexity index is 955. The van der Waals surface area contributed by atoms with E-state index in [4.69, 9.17) is 0 Å². The number of carbonyl (C=O) groups excluding carboxylic acids is 2. The van der Waals surface area contributed by atoms with Crippen LogP contribution >= 0.6 is 23.9 Å². The van der Waals surface area contributed by atoms with Crippen molar-refractivity contribution in [2.45, 2.75) is 38.2 Å². The molecule has 0 aliphatic carbocycles. The molecule has 0 fully saturated rings. The quantitative estimate of drug-likeness (QED) is 0.334. The number of benzene rings is 3. The van der Waals surface area contributed by atoms with Crippen LogP contribution in [-0.4, -0.2) is 22.3 Å². The van der Waals surface area contributed by atoms with Gasteiger partial charge in [-0.2, -0.15) is 0 Å². The van der Waals surface area contributed by atoms with Gasteiger partial charge < -0.3 is 0 Å². The van der Waals surface area contributed by atoms with Crippen molar-refractivity contribution < 1.29 is 9.59 Å². The van der Waals surface area contributed by atoms with Crippen LogP contribution in [0, 0.1) is 0 Å². The number of anilines is 2. The Labute approximate surface area is 199 Å². The minimum Gasteiger partial charge on any atom is -0.268 e. The molecule has 6 heteroatoms. The first kappa shape index (κ1) is 24.0. The largest absolute Gasteiger partial charge is 0.269 e. The van der Waals surface area contributed by atoms with Crippen molar-refractivity contribution in [2.24, 2.45) is 0 Å². The predicted molar refractivity (Wildman–Crippen MR) is 138 cm³/mol. The average Bonchev–Trinajstić information content (AvgIpc) is 2.81. The third-order valence-electron chi connectivity index (χ3n) is 4.37. The summed E-state index contributed by atoms with van der Waals surface area (Å²) in [6.07, 6.45) is 0. The van der Waals surface area contributed by atoms with Gasteiger partial charge in [-0.3, -0.25) is 9.59 Å². The van der Waals surface area contributed by atoms with E-state index in [9.17, 15) is 9.59 Å². The van der Waals surface area contributed by atoms with Gasteiger partial charge in [0.15, 0.2) is 0 Å². The summed E-state index contributed by atoms with van der Waals surface area (Å²) in [7, 11) is 0. The lowest BCUT2D eigenvalue weighted by molar-refractivity contribution is 0.0975. The average molecular weight is 465 g/mol. The minimum atomic E-state index is -0.207. The molecular formula is C26H28N2O2S2. The zero-order valence-corrected chi connectivity index (χ0v) is 20.4. The first-order valence-corrected chi connectivity index (χ1v) is 12.3. The van der Waals surface area contributed by atoms with E-state index in [1.807, 2.05) is 88.4 Å². The molecule has 0 bridgehead atoms. The first-order valence-electron chi connectivity index (χ1n) is 10.6. The molecule has 0 saturated carbocycles. The molecular weight excluding hydrogens is 436 g/mol. The highest BCUT2D eigenvalue weighted by atomic mass is 32.2. The van der Waals surface area contributed by atoms with Gasteiger partial charge in [-0.25, -0.2) is 8.61 Å². The van der Waals surface area contributed by atoms with Crippen molar-refractivity contribution >= 4 is 47.1 Å². The lowest BCUT2D eigenvalue weighted by Crippen LogP contribution is -2.31. The van der Waals surface area contributed by atoms with Crippen LogP contribution in [0.2, 0.25) is 0 Å². The summed E-state index contributed by atoms with van der Waals surface area (Å²) in [4.78, 5) is 27.4. The zero-order chi connectivity index (χ0) is 23.1. The summed E-state index contributed by atoms with van der Waals surface area (Å²) < 4.78 is 3.36. The highest BCUT2D eigenvalue weighted by Crippen LogP contribution is 2.31. The van der Waals surface area contributed by atoms with Crippen LogP contribution in [0.15, 0.2) is 84.9 Å². The predicted octanol–water partition coefficient (Wildman–Crippen LogP) is 7.09. The van der Waals surface area contributed by atoms with Gasteiger partial charge in [-0.05, 0) is 60.3 Å². The Morgan fingerprint density at radius 1 is 0.562 bits per heavy atom. The van der Waals surface area contributed by atoms with Gasteiger partial charge in [0.1, 0.15) is 0 Å². The van der Waals surface area contributed by atoms with Gasteiger partial charge in [0.25, 0.3) is 11.8 Å². The van der Waals surface area contributed by atoms with Crippen LogP contribution in [0.1, 0.15) is 48.4 Å². The van der Waals surface area contributed by atoms with Gasteiger partial charge >= 0.3 is 0 Å².